The molecule has 4 nitrogen and oxygen atoms in total. The van der Waals surface area contributed by atoms with Crippen LogP contribution in [0.15, 0.2) is 18.2 Å². The Morgan fingerprint density at radius 1 is 1.23 bits per heavy atom. The van der Waals surface area contributed by atoms with E-state index in [1.807, 2.05) is 63.7 Å². The second kappa shape index (κ2) is 8.23. The third kappa shape index (κ3) is 5.92. The molecule has 0 aliphatic rings. The number of nitrogens with one attached hydrogen (secondary N) is 1. The van der Waals surface area contributed by atoms with Crippen LogP contribution in [0.1, 0.15) is 38.8 Å². The fourth-order valence-corrected chi connectivity index (χ4v) is 2.60. The fourth-order valence-electron chi connectivity index (χ4n) is 1.70. The van der Waals surface area contributed by atoms with E-state index in [9.17, 15) is 4.21 Å². The van der Waals surface area contributed by atoms with Crippen molar-refractivity contribution in [1.82, 2.24) is 4.72 Å². The van der Waals surface area contributed by atoms with Crippen LogP contribution in [0.25, 0.3) is 0 Å². The lowest BCUT2D eigenvalue weighted by Gasteiger charge is -2.39. The van der Waals surface area contributed by atoms with Gasteiger partial charge in [-0.1, -0.05) is 29.2 Å². The van der Waals surface area contributed by atoms with Crippen LogP contribution in [-0.4, -0.2) is 29.1 Å². The minimum absolute atomic E-state index is 0.419. The number of aryl methyl sites for hydroxylation is 1. The van der Waals surface area contributed by atoms with Gasteiger partial charge in [-0.05, 0) is 40.2 Å². The summed E-state index contributed by atoms with van der Waals surface area (Å²) in [5.41, 5.74) is 2.31. The van der Waals surface area contributed by atoms with Gasteiger partial charge in [-0.3, -0.25) is 0 Å². The second-order valence-corrected chi connectivity index (χ2v) is 8.00. The zero-order chi connectivity index (χ0) is 17.0. The zero-order valence-electron chi connectivity index (χ0n) is 14.0. The topological polar surface area (TPSA) is 47.6 Å². The van der Waals surface area contributed by atoms with Crippen LogP contribution in [0.5, 0.6) is 0 Å². The summed E-state index contributed by atoms with van der Waals surface area (Å²) >= 11 is 1.91. The molecule has 1 atom stereocenters. The van der Waals surface area contributed by atoms with Crippen LogP contribution in [0.4, 0.5) is 0 Å². The molecule has 0 saturated heterocycles. The first-order valence-corrected chi connectivity index (χ1v) is 9.49. The summed E-state index contributed by atoms with van der Waals surface area (Å²) < 4.78 is 25.5. The molecule has 1 aromatic rings. The first-order chi connectivity index (χ1) is 10.1. The van der Waals surface area contributed by atoms with Gasteiger partial charge in [0, 0.05) is 12.8 Å². The van der Waals surface area contributed by atoms with Gasteiger partial charge in [0.15, 0.2) is 0 Å². The summed E-state index contributed by atoms with van der Waals surface area (Å²) in [5.74, 6) is 0. The average Bonchev–Trinajstić information content (AvgIpc) is 2.42. The van der Waals surface area contributed by atoms with Crippen molar-refractivity contribution in [2.75, 3.05) is 6.26 Å². The van der Waals surface area contributed by atoms with E-state index in [4.69, 9.17) is 7.72 Å². The van der Waals surface area contributed by atoms with E-state index in [1.165, 1.54) is 0 Å². The van der Waals surface area contributed by atoms with Gasteiger partial charge in [-0.15, -0.1) is 0 Å². The van der Waals surface area contributed by atoms with Crippen molar-refractivity contribution in [1.29, 1.82) is 0 Å². The number of benzene rings is 1. The van der Waals surface area contributed by atoms with E-state index in [0.717, 1.165) is 16.6 Å². The molecule has 1 aromatic carbocycles. The standard InChI is InChI=1S/C15H24BINO3S/c1-11-7-12(10-18-22(6)19)9-13(8-11)16-20-14(2,3)15(4,5)21-17/h7-9,18H,10H2,1-6H3. The lowest BCUT2D eigenvalue weighted by Crippen LogP contribution is -2.49. The normalized spacial score (nSPS) is 14.0. The minimum atomic E-state index is -1.02. The summed E-state index contributed by atoms with van der Waals surface area (Å²) in [5, 5.41) is 0. The number of rotatable bonds is 8. The molecular weight excluding hydrogens is 412 g/mol. The van der Waals surface area contributed by atoms with E-state index in [0.29, 0.717) is 6.54 Å². The Bertz CT molecular complexity index is 538. The quantitative estimate of drug-likeness (QED) is 0.504. The van der Waals surface area contributed by atoms with Crippen molar-refractivity contribution < 1.29 is 11.9 Å². The third-order valence-corrected chi connectivity index (χ3v) is 5.42. The lowest BCUT2D eigenvalue weighted by molar-refractivity contribution is -0.0480. The van der Waals surface area contributed by atoms with Crippen LogP contribution in [0, 0.1) is 6.92 Å². The summed E-state index contributed by atoms with van der Waals surface area (Å²) in [4.78, 5) is 0. The van der Waals surface area contributed by atoms with Crippen molar-refractivity contribution in [2.45, 2.75) is 52.4 Å². The smallest absolute Gasteiger partial charge is 0.330 e. The minimum Gasteiger partial charge on any atom is -0.427 e. The van der Waals surface area contributed by atoms with Gasteiger partial charge in [0.25, 0.3) is 0 Å². The van der Waals surface area contributed by atoms with E-state index in [-0.39, 0.29) is 0 Å². The van der Waals surface area contributed by atoms with E-state index < -0.39 is 22.2 Å². The predicted octanol–water partition coefficient (Wildman–Crippen LogP) is 2.56. The number of halogens is 1. The maximum absolute atomic E-state index is 11.1. The maximum atomic E-state index is 11.1. The maximum Gasteiger partial charge on any atom is 0.330 e. The van der Waals surface area contributed by atoms with Crippen LogP contribution >= 0.6 is 23.0 Å². The zero-order valence-corrected chi connectivity index (χ0v) is 17.0. The Morgan fingerprint density at radius 2 is 1.86 bits per heavy atom. The van der Waals surface area contributed by atoms with Gasteiger partial charge >= 0.3 is 7.48 Å². The molecule has 0 amide bonds. The molecule has 0 saturated carbocycles. The Hall–Kier alpha value is 0.0449. The van der Waals surface area contributed by atoms with Gasteiger partial charge in [0.1, 0.15) is 28.6 Å². The molecule has 0 bridgehead atoms. The molecule has 22 heavy (non-hydrogen) atoms. The third-order valence-electron chi connectivity index (χ3n) is 3.77. The molecule has 0 heterocycles. The number of hydrogen-bond donors (Lipinski definition) is 1. The molecule has 0 spiro atoms. The van der Waals surface area contributed by atoms with E-state index in [1.54, 1.807) is 13.7 Å². The highest BCUT2D eigenvalue weighted by molar-refractivity contribution is 14.1. The van der Waals surface area contributed by atoms with E-state index in [2.05, 4.69) is 16.9 Å². The predicted molar refractivity (Wildman–Crippen MR) is 102 cm³/mol. The van der Waals surface area contributed by atoms with Gasteiger partial charge in [0.05, 0.1) is 16.6 Å². The van der Waals surface area contributed by atoms with Crippen molar-refractivity contribution in [3.05, 3.63) is 29.3 Å². The van der Waals surface area contributed by atoms with Crippen LogP contribution in [-0.2, 0) is 25.3 Å². The first-order valence-electron chi connectivity index (χ1n) is 7.06. The highest BCUT2D eigenvalue weighted by Crippen LogP contribution is 2.30. The van der Waals surface area contributed by atoms with Crippen molar-refractivity contribution >= 4 is 46.9 Å². The number of hydrogen-bond acceptors (Lipinski definition) is 3. The fraction of sp³-hybridized carbons (Fsp3) is 0.600. The Labute approximate surface area is 151 Å². The molecule has 0 fully saturated rings. The van der Waals surface area contributed by atoms with Crippen molar-refractivity contribution in [3.63, 3.8) is 0 Å². The van der Waals surface area contributed by atoms with Gasteiger partial charge in [-0.25, -0.2) is 8.93 Å². The lowest BCUT2D eigenvalue weighted by atomic mass is 9.81. The molecule has 1 unspecified atom stereocenters. The van der Waals surface area contributed by atoms with Gasteiger partial charge < -0.3 is 7.72 Å². The van der Waals surface area contributed by atoms with Crippen LogP contribution in [0.2, 0.25) is 0 Å². The highest BCUT2D eigenvalue weighted by Gasteiger charge is 2.38. The van der Waals surface area contributed by atoms with Crippen LogP contribution < -0.4 is 10.2 Å². The largest absolute Gasteiger partial charge is 0.427 e. The SMILES string of the molecule is Cc1cc([B]OC(C)(C)C(C)(C)OI)cc(CNS(C)=O)c1. The van der Waals surface area contributed by atoms with Crippen molar-refractivity contribution in [3.8, 4) is 0 Å². The molecule has 1 N–H and O–H groups in total. The highest BCUT2D eigenvalue weighted by atomic mass is 127. The molecule has 123 valence electrons. The van der Waals surface area contributed by atoms with Crippen molar-refractivity contribution in [2.24, 2.45) is 0 Å². The molecule has 1 rings (SSSR count). The molecule has 0 aliphatic carbocycles. The van der Waals surface area contributed by atoms with E-state index >= 15 is 0 Å². The van der Waals surface area contributed by atoms with Crippen LogP contribution in [0.3, 0.4) is 0 Å². The molecule has 0 aliphatic heterocycles. The molecular formula is C15H24BINO3S. The Kier molecular flexibility index (Phi) is 7.52. The molecule has 1 radical (unpaired) electrons. The van der Waals surface area contributed by atoms with Gasteiger partial charge in [0.2, 0.25) is 0 Å². The summed E-state index contributed by atoms with van der Waals surface area (Å²) in [6.07, 6.45) is 1.63. The monoisotopic (exact) mass is 436 g/mol. The Morgan fingerprint density at radius 3 is 2.41 bits per heavy atom. The second-order valence-electron chi connectivity index (χ2n) is 6.36. The van der Waals surface area contributed by atoms with Gasteiger partial charge in [-0.2, -0.15) is 0 Å². The molecule has 0 aromatic heterocycles. The summed E-state index contributed by atoms with van der Waals surface area (Å²) in [6, 6.07) is 6.15. The Balaban J connectivity index is 2.79. The summed E-state index contributed by atoms with van der Waals surface area (Å²) in [6.45, 7) is 10.6. The average molecular weight is 436 g/mol. The molecule has 7 heteroatoms. The summed E-state index contributed by atoms with van der Waals surface area (Å²) in [7, 11) is 0.742. The first kappa shape index (κ1) is 20.1.